The normalized spacial score (nSPS) is 11.4. The van der Waals surface area contributed by atoms with Crippen LogP contribution in [0.2, 0.25) is 0 Å². The molecule has 2 aromatic carbocycles. The molecule has 25 heavy (non-hydrogen) atoms. The Balaban J connectivity index is 2.13. The van der Waals surface area contributed by atoms with Gasteiger partial charge in [-0.1, -0.05) is 12.1 Å². The van der Waals surface area contributed by atoms with Crippen molar-refractivity contribution >= 4 is 31.7 Å². The maximum atomic E-state index is 12.4. The number of halogens is 1. The molecule has 0 radical (unpaired) electrons. The number of amides is 1. The number of ether oxygens (including phenoxy) is 1. The van der Waals surface area contributed by atoms with Crippen LogP contribution in [0.15, 0.2) is 51.8 Å². The van der Waals surface area contributed by atoms with E-state index in [4.69, 9.17) is 4.74 Å². The van der Waals surface area contributed by atoms with Crippen LogP contribution in [0.5, 0.6) is 5.75 Å². The van der Waals surface area contributed by atoms with E-state index in [1.165, 1.54) is 12.1 Å². The van der Waals surface area contributed by atoms with E-state index in [0.717, 1.165) is 17.6 Å². The zero-order valence-corrected chi connectivity index (χ0v) is 16.6. The Morgan fingerprint density at radius 3 is 2.56 bits per heavy atom. The largest absolute Gasteiger partial charge is 0.491 e. The van der Waals surface area contributed by atoms with Gasteiger partial charge < -0.3 is 10.1 Å². The molecule has 2 aromatic rings. The molecular weight excluding hydrogens is 406 g/mol. The van der Waals surface area contributed by atoms with Crippen LogP contribution in [-0.2, 0) is 16.4 Å². The minimum Gasteiger partial charge on any atom is -0.491 e. The number of nitrogens with one attached hydrogen (secondary N) is 1. The lowest BCUT2D eigenvalue weighted by molar-refractivity contribution is 0.0950. The van der Waals surface area contributed by atoms with E-state index in [9.17, 15) is 13.2 Å². The van der Waals surface area contributed by atoms with E-state index >= 15 is 0 Å². The molecule has 0 aliphatic carbocycles. The third-order valence-electron chi connectivity index (χ3n) is 3.33. The Hall–Kier alpha value is -1.86. The van der Waals surface area contributed by atoms with Gasteiger partial charge in [-0.15, -0.1) is 0 Å². The highest BCUT2D eigenvalue weighted by molar-refractivity contribution is 9.10. The fourth-order valence-electron chi connectivity index (χ4n) is 2.19. The van der Waals surface area contributed by atoms with E-state index in [1.54, 1.807) is 6.07 Å². The smallest absolute Gasteiger partial charge is 0.252 e. The fourth-order valence-corrected chi connectivity index (χ4v) is 3.26. The number of hydrogen-bond acceptors (Lipinski definition) is 4. The van der Waals surface area contributed by atoms with E-state index in [-0.39, 0.29) is 22.5 Å². The lowest BCUT2D eigenvalue weighted by Gasteiger charge is -2.12. The number of hydrogen-bond donors (Lipinski definition) is 1. The molecule has 0 unspecified atom stereocenters. The summed E-state index contributed by atoms with van der Waals surface area (Å²) in [5.74, 6) is 0.384. The zero-order valence-electron chi connectivity index (χ0n) is 14.2. The van der Waals surface area contributed by atoms with Crippen LogP contribution in [0.25, 0.3) is 0 Å². The first-order valence-corrected chi connectivity index (χ1v) is 10.4. The number of carbonyl (C=O) groups is 1. The van der Waals surface area contributed by atoms with E-state index in [0.29, 0.717) is 11.0 Å². The highest BCUT2D eigenvalue weighted by Crippen LogP contribution is 2.21. The van der Waals surface area contributed by atoms with Crippen molar-refractivity contribution in [2.45, 2.75) is 31.4 Å². The molecule has 0 saturated carbocycles. The zero-order chi connectivity index (χ0) is 18.6. The third kappa shape index (κ3) is 5.57. The Labute approximate surface area is 156 Å². The van der Waals surface area contributed by atoms with Gasteiger partial charge >= 0.3 is 0 Å². The average Bonchev–Trinajstić information content (AvgIpc) is 2.51. The third-order valence-corrected chi connectivity index (χ3v) is 5.14. The van der Waals surface area contributed by atoms with Crippen molar-refractivity contribution < 1.29 is 17.9 Å². The van der Waals surface area contributed by atoms with Gasteiger partial charge in [-0.05, 0) is 65.7 Å². The van der Waals surface area contributed by atoms with Gasteiger partial charge in [-0.3, -0.25) is 4.79 Å². The number of sulfone groups is 1. The molecule has 0 aromatic heterocycles. The summed E-state index contributed by atoms with van der Waals surface area (Å²) in [6.07, 6.45) is 1.18. The van der Waals surface area contributed by atoms with Crippen molar-refractivity contribution in [2.75, 3.05) is 6.26 Å². The van der Waals surface area contributed by atoms with Gasteiger partial charge in [-0.2, -0.15) is 0 Å². The van der Waals surface area contributed by atoms with Gasteiger partial charge in [0.05, 0.1) is 16.6 Å². The second-order valence-electron chi connectivity index (χ2n) is 5.91. The van der Waals surface area contributed by atoms with Crippen molar-refractivity contribution in [3.63, 3.8) is 0 Å². The molecule has 0 aliphatic heterocycles. The summed E-state index contributed by atoms with van der Waals surface area (Å²) in [5, 5.41) is 2.80. The quantitative estimate of drug-likeness (QED) is 0.767. The summed E-state index contributed by atoms with van der Waals surface area (Å²) in [4.78, 5) is 12.5. The molecule has 0 spiro atoms. The van der Waals surface area contributed by atoms with Gasteiger partial charge in [0.15, 0.2) is 9.84 Å². The summed E-state index contributed by atoms with van der Waals surface area (Å²) in [6.45, 7) is 4.20. The number of benzene rings is 2. The first kappa shape index (κ1) is 19.5. The maximum Gasteiger partial charge on any atom is 0.252 e. The van der Waals surface area contributed by atoms with Crippen molar-refractivity contribution in [2.24, 2.45) is 0 Å². The molecular formula is C18H20BrNO4S. The van der Waals surface area contributed by atoms with Crippen molar-refractivity contribution in [3.8, 4) is 5.75 Å². The first-order valence-electron chi connectivity index (χ1n) is 7.70. The van der Waals surface area contributed by atoms with Crippen LogP contribution in [0.4, 0.5) is 0 Å². The van der Waals surface area contributed by atoms with Crippen LogP contribution >= 0.6 is 15.9 Å². The molecule has 134 valence electrons. The summed E-state index contributed by atoms with van der Waals surface area (Å²) >= 11 is 3.29. The van der Waals surface area contributed by atoms with Crippen LogP contribution in [0.3, 0.4) is 0 Å². The predicted molar refractivity (Wildman–Crippen MR) is 101 cm³/mol. The molecule has 0 bridgehead atoms. The van der Waals surface area contributed by atoms with Crippen LogP contribution in [0.1, 0.15) is 29.8 Å². The Kier molecular flexibility index (Phi) is 6.24. The molecule has 0 aliphatic rings. The average molecular weight is 426 g/mol. The number of rotatable bonds is 6. The highest BCUT2D eigenvalue weighted by atomic mass is 79.9. The monoisotopic (exact) mass is 425 g/mol. The second kappa shape index (κ2) is 8.01. The lowest BCUT2D eigenvalue weighted by atomic mass is 10.2. The minimum absolute atomic E-state index is 0.0690. The molecule has 0 atom stereocenters. The Bertz CT molecular complexity index is 878. The van der Waals surface area contributed by atoms with E-state index in [2.05, 4.69) is 21.2 Å². The Morgan fingerprint density at radius 1 is 1.20 bits per heavy atom. The molecule has 1 N–H and O–H groups in total. The summed E-state index contributed by atoms with van der Waals surface area (Å²) in [7, 11) is -3.38. The minimum atomic E-state index is -3.38. The van der Waals surface area contributed by atoms with E-state index < -0.39 is 9.84 Å². The topological polar surface area (TPSA) is 72.5 Å². The van der Waals surface area contributed by atoms with Gasteiger partial charge in [-0.25, -0.2) is 8.42 Å². The lowest BCUT2D eigenvalue weighted by Crippen LogP contribution is -2.23. The summed E-state index contributed by atoms with van der Waals surface area (Å²) in [6, 6.07) is 11.9. The molecule has 1 amide bonds. The van der Waals surface area contributed by atoms with Crippen molar-refractivity contribution in [1.29, 1.82) is 0 Å². The van der Waals surface area contributed by atoms with Crippen molar-refractivity contribution in [1.82, 2.24) is 5.32 Å². The molecule has 0 saturated heterocycles. The van der Waals surface area contributed by atoms with Crippen molar-refractivity contribution in [3.05, 3.63) is 58.1 Å². The Morgan fingerprint density at radius 2 is 1.92 bits per heavy atom. The second-order valence-corrected chi connectivity index (χ2v) is 8.78. The van der Waals surface area contributed by atoms with E-state index in [1.807, 2.05) is 38.1 Å². The van der Waals surface area contributed by atoms with Gasteiger partial charge in [0.25, 0.3) is 5.91 Å². The van der Waals surface area contributed by atoms with Gasteiger partial charge in [0, 0.05) is 17.3 Å². The van der Waals surface area contributed by atoms with Crippen LogP contribution < -0.4 is 10.1 Å². The molecule has 7 heteroatoms. The molecule has 0 heterocycles. The predicted octanol–water partition coefficient (Wildman–Crippen LogP) is 3.57. The molecule has 5 nitrogen and oxygen atoms in total. The summed E-state index contributed by atoms with van der Waals surface area (Å²) in [5.41, 5.74) is 1.17. The standard InChI is InChI=1S/C18H20BrNO4S/c1-12(2)24-14-6-4-5-13(9-14)11-20-18(21)16-10-15(25(3,22)23)7-8-17(16)19/h4-10,12H,11H2,1-3H3,(H,20,21). The highest BCUT2D eigenvalue weighted by Gasteiger charge is 2.15. The number of carbonyl (C=O) groups excluding carboxylic acids is 1. The van der Waals surface area contributed by atoms with Gasteiger partial charge in [0.1, 0.15) is 5.75 Å². The van der Waals surface area contributed by atoms with Crippen LogP contribution in [-0.4, -0.2) is 26.7 Å². The van der Waals surface area contributed by atoms with Crippen LogP contribution in [0, 0.1) is 0 Å². The molecule has 0 fully saturated rings. The SMILES string of the molecule is CC(C)Oc1cccc(CNC(=O)c2cc(S(C)(=O)=O)ccc2Br)c1. The van der Waals surface area contributed by atoms with Gasteiger partial charge in [0.2, 0.25) is 0 Å². The maximum absolute atomic E-state index is 12.4. The first-order chi connectivity index (χ1) is 11.7. The summed E-state index contributed by atoms with van der Waals surface area (Å²) < 4.78 is 29.5. The molecule has 2 rings (SSSR count). The fraction of sp³-hybridized carbons (Fsp3) is 0.278.